The molecule has 2 amide bonds. The number of amidine groups is 1. The molecule has 2 saturated heterocycles. The van der Waals surface area contributed by atoms with Crippen molar-refractivity contribution in [3.63, 3.8) is 0 Å². The third-order valence-corrected chi connectivity index (χ3v) is 11.8. The van der Waals surface area contributed by atoms with Crippen LogP contribution in [0.25, 0.3) is 10.9 Å². The van der Waals surface area contributed by atoms with E-state index in [1.165, 1.54) is 34.8 Å². The smallest absolute Gasteiger partial charge is 0.272 e. The number of fused-ring (bicyclic) bond motifs is 1. The molecule has 0 radical (unpaired) electrons. The Morgan fingerprint density at radius 1 is 1.04 bits per heavy atom. The van der Waals surface area contributed by atoms with E-state index in [-0.39, 0.29) is 77.6 Å². The van der Waals surface area contributed by atoms with Crippen molar-refractivity contribution in [3.05, 3.63) is 92.9 Å². The van der Waals surface area contributed by atoms with E-state index < -0.39 is 16.1 Å². The minimum atomic E-state index is -4.22. The van der Waals surface area contributed by atoms with Crippen molar-refractivity contribution in [3.8, 4) is 5.75 Å². The molecule has 4 aromatic rings. The van der Waals surface area contributed by atoms with E-state index in [4.69, 9.17) is 38.9 Å². The zero-order valence-electron chi connectivity index (χ0n) is 27.3. The average Bonchev–Trinajstić information content (AvgIpc) is 3.62. The van der Waals surface area contributed by atoms with Crippen LogP contribution in [-0.2, 0) is 21.4 Å². The number of pyridine rings is 2. The van der Waals surface area contributed by atoms with E-state index in [1.54, 1.807) is 15.9 Å². The molecule has 0 bridgehead atoms. The summed E-state index contributed by atoms with van der Waals surface area (Å²) in [5.74, 6) is -0.275. The number of hydrogen-bond acceptors (Lipinski definition) is 9. The maximum absolute atomic E-state index is 14.1. The highest BCUT2D eigenvalue weighted by atomic mass is 35.5. The summed E-state index contributed by atoms with van der Waals surface area (Å²) >= 11 is 13.3. The predicted octanol–water partition coefficient (Wildman–Crippen LogP) is 4.36. The number of oxime groups is 1. The van der Waals surface area contributed by atoms with Crippen LogP contribution in [0.3, 0.4) is 0 Å². The molecule has 1 unspecified atom stereocenters. The van der Waals surface area contributed by atoms with Crippen LogP contribution in [0, 0.1) is 13.8 Å². The number of benzene rings is 2. The topological polar surface area (TPSA) is 172 Å². The summed E-state index contributed by atoms with van der Waals surface area (Å²) in [4.78, 5) is 38.6. The third kappa shape index (κ3) is 6.80. The Hall–Kier alpha value is -4.50. The monoisotopic (exact) mass is 739 g/mol. The number of sulfonamides is 1. The normalized spacial score (nSPS) is 17.4. The third-order valence-electron chi connectivity index (χ3n) is 9.00. The zero-order valence-corrected chi connectivity index (χ0v) is 29.7. The number of hydrogen-bond donors (Lipinski definition) is 2. The lowest BCUT2D eigenvalue weighted by Crippen LogP contribution is -2.55. The van der Waals surface area contributed by atoms with Crippen LogP contribution in [0.15, 0.2) is 64.8 Å². The number of halogens is 2. The van der Waals surface area contributed by atoms with Gasteiger partial charge in [-0.25, -0.2) is 13.4 Å². The van der Waals surface area contributed by atoms with Gasteiger partial charge in [-0.15, -0.1) is 0 Å². The molecule has 13 nitrogen and oxygen atoms in total. The first-order chi connectivity index (χ1) is 23.9. The van der Waals surface area contributed by atoms with Gasteiger partial charge in [0.15, 0.2) is 5.84 Å². The molecule has 0 saturated carbocycles. The molecular formula is C34H35Cl2N7O6S. The van der Waals surface area contributed by atoms with Gasteiger partial charge < -0.3 is 25.5 Å². The Morgan fingerprint density at radius 2 is 1.78 bits per heavy atom. The Morgan fingerprint density at radius 3 is 2.48 bits per heavy atom. The summed E-state index contributed by atoms with van der Waals surface area (Å²) in [6, 6.07) is 12.5. The first-order valence-corrected chi connectivity index (χ1v) is 18.1. The van der Waals surface area contributed by atoms with Gasteiger partial charge in [0.05, 0.1) is 5.02 Å². The Kier molecular flexibility index (Phi) is 10.2. The fourth-order valence-corrected chi connectivity index (χ4v) is 8.88. The van der Waals surface area contributed by atoms with E-state index in [9.17, 15) is 18.0 Å². The van der Waals surface area contributed by atoms with Crippen LogP contribution in [-0.4, -0.2) is 94.1 Å². The van der Waals surface area contributed by atoms with Crippen LogP contribution in [0.1, 0.15) is 45.7 Å². The highest BCUT2D eigenvalue weighted by molar-refractivity contribution is 7.89. The second-order valence-corrected chi connectivity index (χ2v) is 14.8. The number of rotatable bonds is 8. The molecule has 4 heterocycles. The minimum Gasteiger partial charge on any atom is -0.487 e. The van der Waals surface area contributed by atoms with Crippen molar-refractivity contribution >= 4 is 61.8 Å². The summed E-state index contributed by atoms with van der Waals surface area (Å²) in [6.45, 7) is 4.87. The van der Waals surface area contributed by atoms with Crippen LogP contribution in [0.4, 0.5) is 0 Å². The predicted molar refractivity (Wildman–Crippen MR) is 188 cm³/mol. The van der Waals surface area contributed by atoms with Gasteiger partial charge >= 0.3 is 0 Å². The highest BCUT2D eigenvalue weighted by Crippen LogP contribution is 2.37. The van der Waals surface area contributed by atoms with Crippen molar-refractivity contribution in [1.29, 1.82) is 0 Å². The minimum absolute atomic E-state index is 0.0729. The lowest BCUT2D eigenvalue weighted by molar-refractivity contribution is -0.136. The molecule has 6 rings (SSSR count). The summed E-state index contributed by atoms with van der Waals surface area (Å²) in [7, 11) is -4.22. The van der Waals surface area contributed by atoms with Gasteiger partial charge in [-0.1, -0.05) is 40.5 Å². The molecule has 16 heteroatoms. The molecule has 2 aromatic heterocycles. The van der Waals surface area contributed by atoms with E-state index in [0.717, 1.165) is 16.6 Å². The lowest BCUT2D eigenvalue weighted by atomic mass is 10.1. The first-order valence-electron chi connectivity index (χ1n) is 15.9. The van der Waals surface area contributed by atoms with Gasteiger partial charge in [-0.3, -0.25) is 14.6 Å². The van der Waals surface area contributed by atoms with Crippen LogP contribution >= 0.6 is 23.2 Å². The summed E-state index contributed by atoms with van der Waals surface area (Å²) in [5.41, 5.74) is 8.97. The van der Waals surface area contributed by atoms with Crippen molar-refractivity contribution in [2.75, 3.05) is 32.7 Å². The maximum Gasteiger partial charge on any atom is 0.272 e. The van der Waals surface area contributed by atoms with Crippen LogP contribution in [0.2, 0.25) is 10.0 Å². The van der Waals surface area contributed by atoms with Crippen LogP contribution in [0.5, 0.6) is 5.75 Å². The summed E-state index contributed by atoms with van der Waals surface area (Å²) < 4.78 is 35.6. The standard InChI is InChI=1S/C34H35Cl2N7O6S/c1-20-17-21(2)39-31-23(20)5-3-7-28(31)49-19-24-25(35)9-11-29(30(24)36)50(47,48)43-12-4-6-27(43)34(45)42-15-13-41(14-16-42)33(44)26-10-8-22(18-38-26)32(37)40-46/h3,5,7-11,17-18,27,46H,4,6,12-16,19H2,1-2H3,(H2,37,40). The van der Waals surface area contributed by atoms with Crippen molar-refractivity contribution < 1.29 is 28.0 Å². The van der Waals surface area contributed by atoms with Gasteiger partial charge in [-0.2, -0.15) is 4.31 Å². The van der Waals surface area contributed by atoms with Crippen molar-refractivity contribution in [2.24, 2.45) is 10.9 Å². The number of aryl methyl sites for hydroxylation is 2. The number of para-hydroxylation sites is 1. The largest absolute Gasteiger partial charge is 0.487 e. The molecule has 1 atom stereocenters. The Labute approximate surface area is 299 Å². The molecule has 2 aliphatic rings. The molecule has 2 aliphatic heterocycles. The van der Waals surface area contributed by atoms with E-state index in [1.807, 2.05) is 32.0 Å². The van der Waals surface area contributed by atoms with E-state index >= 15 is 0 Å². The van der Waals surface area contributed by atoms with Gasteiger partial charge in [0.25, 0.3) is 5.91 Å². The second-order valence-electron chi connectivity index (χ2n) is 12.2. The number of nitrogens with two attached hydrogens (primary N) is 1. The van der Waals surface area contributed by atoms with Crippen molar-refractivity contribution in [1.82, 2.24) is 24.1 Å². The van der Waals surface area contributed by atoms with Gasteiger partial charge in [0, 0.05) is 66.2 Å². The van der Waals surface area contributed by atoms with Gasteiger partial charge in [-0.05, 0) is 68.7 Å². The highest BCUT2D eigenvalue weighted by Gasteiger charge is 2.43. The Bertz CT molecular complexity index is 2110. The maximum atomic E-state index is 14.1. The molecule has 50 heavy (non-hydrogen) atoms. The van der Waals surface area contributed by atoms with E-state index in [2.05, 4.69) is 15.1 Å². The summed E-state index contributed by atoms with van der Waals surface area (Å²) in [5, 5.41) is 12.9. The fourth-order valence-electron chi connectivity index (χ4n) is 6.36. The van der Waals surface area contributed by atoms with Crippen LogP contribution < -0.4 is 10.5 Å². The molecule has 0 aliphatic carbocycles. The second kappa shape index (κ2) is 14.4. The number of piperazine rings is 1. The lowest BCUT2D eigenvalue weighted by Gasteiger charge is -2.37. The number of ether oxygens (including phenoxy) is 1. The average molecular weight is 741 g/mol. The fraction of sp³-hybridized carbons (Fsp3) is 0.324. The molecule has 2 aromatic carbocycles. The SMILES string of the molecule is Cc1cc(C)c2cccc(OCc3c(Cl)ccc(S(=O)(=O)N4CCCC4C(=O)N4CCN(C(=O)c5ccc(/C(N)=N\O)cn5)CC4)c3Cl)c2n1. The number of amides is 2. The van der Waals surface area contributed by atoms with Gasteiger partial charge in [0.1, 0.15) is 34.5 Å². The molecule has 3 N–H and O–H groups in total. The molecule has 262 valence electrons. The first kappa shape index (κ1) is 35.3. The zero-order chi connectivity index (χ0) is 35.7. The quantitative estimate of drug-likeness (QED) is 0.115. The number of nitrogens with zero attached hydrogens (tertiary/aromatic N) is 6. The Balaban J connectivity index is 1.15. The molecule has 2 fully saturated rings. The van der Waals surface area contributed by atoms with E-state index in [0.29, 0.717) is 35.2 Å². The molecular weight excluding hydrogens is 705 g/mol. The number of carbonyl (C=O) groups excluding carboxylic acids is 2. The van der Waals surface area contributed by atoms with Gasteiger partial charge in [0.2, 0.25) is 15.9 Å². The summed E-state index contributed by atoms with van der Waals surface area (Å²) in [6.07, 6.45) is 2.18. The van der Waals surface area contributed by atoms with Crippen molar-refractivity contribution in [2.45, 2.75) is 44.2 Å². The molecule has 0 spiro atoms. The number of aromatic nitrogens is 2. The number of carbonyl (C=O) groups is 2.